The van der Waals surface area contributed by atoms with E-state index in [1.807, 2.05) is 12.3 Å². The SMILES string of the molecule is Clc1ccc(C2=CC3NCC3CC2)cn1. The summed E-state index contributed by atoms with van der Waals surface area (Å²) in [4.78, 5) is 4.12. The van der Waals surface area contributed by atoms with E-state index in [2.05, 4.69) is 22.4 Å². The van der Waals surface area contributed by atoms with E-state index in [4.69, 9.17) is 11.6 Å². The monoisotopic (exact) mass is 220 g/mol. The molecule has 1 saturated heterocycles. The third-order valence-corrected chi connectivity index (χ3v) is 3.61. The summed E-state index contributed by atoms with van der Waals surface area (Å²) in [5, 5.41) is 4.00. The van der Waals surface area contributed by atoms with Crippen molar-refractivity contribution >= 4 is 17.2 Å². The van der Waals surface area contributed by atoms with Gasteiger partial charge in [0.15, 0.2) is 0 Å². The van der Waals surface area contributed by atoms with Crippen molar-refractivity contribution in [2.45, 2.75) is 18.9 Å². The fourth-order valence-corrected chi connectivity index (χ4v) is 2.46. The van der Waals surface area contributed by atoms with Gasteiger partial charge in [0.1, 0.15) is 5.15 Å². The summed E-state index contributed by atoms with van der Waals surface area (Å²) in [6.07, 6.45) is 6.69. The largest absolute Gasteiger partial charge is 0.310 e. The molecule has 0 spiro atoms. The van der Waals surface area contributed by atoms with Crippen molar-refractivity contribution in [3.63, 3.8) is 0 Å². The third kappa shape index (κ3) is 1.68. The van der Waals surface area contributed by atoms with Crippen LogP contribution < -0.4 is 5.32 Å². The van der Waals surface area contributed by atoms with Gasteiger partial charge in [-0.3, -0.25) is 0 Å². The number of hydrogen-bond acceptors (Lipinski definition) is 2. The fourth-order valence-electron chi connectivity index (χ4n) is 2.34. The van der Waals surface area contributed by atoms with Crippen LogP contribution in [0.3, 0.4) is 0 Å². The van der Waals surface area contributed by atoms with E-state index in [0.717, 1.165) is 5.92 Å². The topological polar surface area (TPSA) is 24.9 Å². The highest BCUT2D eigenvalue weighted by atomic mass is 35.5. The summed E-state index contributed by atoms with van der Waals surface area (Å²) in [7, 11) is 0. The maximum Gasteiger partial charge on any atom is 0.129 e. The Kier molecular flexibility index (Phi) is 2.26. The van der Waals surface area contributed by atoms with Crippen LogP contribution in [0.1, 0.15) is 18.4 Å². The van der Waals surface area contributed by atoms with Crippen LogP contribution in [-0.4, -0.2) is 17.6 Å². The Labute approximate surface area is 94.4 Å². The molecular weight excluding hydrogens is 208 g/mol. The molecule has 2 heterocycles. The van der Waals surface area contributed by atoms with Crippen molar-refractivity contribution in [3.8, 4) is 0 Å². The minimum Gasteiger partial charge on any atom is -0.310 e. The standard InChI is InChI=1S/C12H13ClN2/c13-12-4-3-9(6-15-12)8-1-2-10-7-14-11(10)5-8/h3-6,10-11,14H,1-2,7H2. The first-order valence-electron chi connectivity index (χ1n) is 5.39. The number of rotatable bonds is 1. The van der Waals surface area contributed by atoms with Gasteiger partial charge in [0.05, 0.1) is 0 Å². The van der Waals surface area contributed by atoms with Crippen LogP contribution in [0.15, 0.2) is 24.4 Å². The van der Waals surface area contributed by atoms with Crippen LogP contribution in [0.5, 0.6) is 0 Å². The molecule has 0 aromatic carbocycles. The van der Waals surface area contributed by atoms with Crippen molar-refractivity contribution in [2.75, 3.05) is 6.54 Å². The zero-order chi connectivity index (χ0) is 10.3. The second kappa shape index (κ2) is 3.62. The van der Waals surface area contributed by atoms with E-state index >= 15 is 0 Å². The quantitative estimate of drug-likeness (QED) is 0.736. The summed E-state index contributed by atoms with van der Waals surface area (Å²) in [5.74, 6) is 0.869. The average Bonchev–Trinajstić information content (AvgIpc) is 2.22. The molecule has 1 aliphatic heterocycles. The number of hydrogen-bond donors (Lipinski definition) is 1. The summed E-state index contributed by atoms with van der Waals surface area (Å²) in [6.45, 7) is 1.19. The molecule has 1 fully saturated rings. The Hall–Kier alpha value is -0.860. The first-order valence-corrected chi connectivity index (χ1v) is 5.77. The number of pyridine rings is 1. The fraction of sp³-hybridized carbons (Fsp3) is 0.417. The van der Waals surface area contributed by atoms with Crippen LogP contribution in [0.25, 0.3) is 5.57 Å². The van der Waals surface area contributed by atoms with E-state index < -0.39 is 0 Å². The smallest absolute Gasteiger partial charge is 0.129 e. The molecule has 0 amide bonds. The highest BCUT2D eigenvalue weighted by Gasteiger charge is 2.31. The molecule has 3 rings (SSSR count). The summed E-state index contributed by atoms with van der Waals surface area (Å²) in [6, 6.07) is 4.52. The number of allylic oxidation sites excluding steroid dienone is 1. The highest BCUT2D eigenvalue weighted by Crippen LogP contribution is 2.33. The molecule has 1 aromatic heterocycles. The molecular formula is C12H13ClN2. The van der Waals surface area contributed by atoms with E-state index in [1.165, 1.54) is 30.5 Å². The lowest BCUT2D eigenvalue weighted by Gasteiger charge is -2.40. The summed E-state index contributed by atoms with van der Waals surface area (Å²) >= 11 is 5.77. The zero-order valence-corrected chi connectivity index (χ0v) is 9.17. The maximum atomic E-state index is 5.77. The molecule has 2 atom stereocenters. The van der Waals surface area contributed by atoms with Gasteiger partial charge in [-0.15, -0.1) is 0 Å². The molecule has 3 heteroatoms. The van der Waals surface area contributed by atoms with Crippen LogP contribution in [-0.2, 0) is 0 Å². The lowest BCUT2D eigenvalue weighted by molar-refractivity contribution is 0.256. The molecule has 2 unspecified atom stereocenters. The number of halogens is 1. The molecule has 2 nitrogen and oxygen atoms in total. The third-order valence-electron chi connectivity index (χ3n) is 3.39. The second-order valence-electron chi connectivity index (χ2n) is 4.29. The van der Waals surface area contributed by atoms with Crippen molar-refractivity contribution in [1.82, 2.24) is 10.3 Å². The Morgan fingerprint density at radius 3 is 2.93 bits per heavy atom. The van der Waals surface area contributed by atoms with Gasteiger partial charge in [-0.1, -0.05) is 23.7 Å². The Bertz CT molecular complexity index is 397. The van der Waals surface area contributed by atoms with Crippen LogP contribution in [0.4, 0.5) is 0 Å². The van der Waals surface area contributed by atoms with Gasteiger partial charge in [0.25, 0.3) is 0 Å². The normalized spacial score (nSPS) is 29.0. The Balaban J connectivity index is 1.87. The number of nitrogens with zero attached hydrogens (tertiary/aromatic N) is 1. The Morgan fingerprint density at radius 2 is 2.33 bits per heavy atom. The van der Waals surface area contributed by atoms with Crippen molar-refractivity contribution < 1.29 is 0 Å². The molecule has 78 valence electrons. The van der Waals surface area contributed by atoms with Gasteiger partial charge >= 0.3 is 0 Å². The molecule has 0 bridgehead atoms. The highest BCUT2D eigenvalue weighted by molar-refractivity contribution is 6.29. The molecule has 15 heavy (non-hydrogen) atoms. The molecule has 2 aliphatic rings. The Morgan fingerprint density at radius 1 is 1.40 bits per heavy atom. The lowest BCUT2D eigenvalue weighted by Crippen LogP contribution is -2.52. The van der Waals surface area contributed by atoms with E-state index in [1.54, 1.807) is 0 Å². The van der Waals surface area contributed by atoms with Crippen molar-refractivity contribution in [3.05, 3.63) is 35.1 Å². The van der Waals surface area contributed by atoms with Crippen LogP contribution >= 0.6 is 11.6 Å². The van der Waals surface area contributed by atoms with Gasteiger partial charge in [0, 0.05) is 18.8 Å². The van der Waals surface area contributed by atoms with Crippen LogP contribution in [0, 0.1) is 5.92 Å². The second-order valence-corrected chi connectivity index (χ2v) is 4.68. The van der Waals surface area contributed by atoms with E-state index in [0.29, 0.717) is 11.2 Å². The zero-order valence-electron chi connectivity index (χ0n) is 8.41. The van der Waals surface area contributed by atoms with Crippen molar-refractivity contribution in [1.29, 1.82) is 0 Å². The predicted molar refractivity (Wildman–Crippen MR) is 61.7 cm³/mol. The number of fused-ring (bicyclic) bond motifs is 1. The maximum absolute atomic E-state index is 5.77. The minimum absolute atomic E-state index is 0.565. The molecule has 0 saturated carbocycles. The van der Waals surface area contributed by atoms with Gasteiger partial charge in [0.2, 0.25) is 0 Å². The average molecular weight is 221 g/mol. The molecule has 1 aliphatic carbocycles. The van der Waals surface area contributed by atoms with Crippen LogP contribution in [0.2, 0.25) is 5.15 Å². The van der Waals surface area contributed by atoms with Gasteiger partial charge in [-0.2, -0.15) is 0 Å². The van der Waals surface area contributed by atoms with Gasteiger partial charge in [-0.05, 0) is 36.0 Å². The minimum atomic E-state index is 0.565. The van der Waals surface area contributed by atoms with E-state index in [9.17, 15) is 0 Å². The lowest BCUT2D eigenvalue weighted by atomic mass is 9.79. The molecule has 0 radical (unpaired) electrons. The van der Waals surface area contributed by atoms with Gasteiger partial charge < -0.3 is 5.32 Å². The molecule has 1 aromatic rings. The number of nitrogens with one attached hydrogen (secondary N) is 1. The number of aromatic nitrogens is 1. The first-order chi connectivity index (χ1) is 7.33. The van der Waals surface area contributed by atoms with Crippen molar-refractivity contribution in [2.24, 2.45) is 5.92 Å². The predicted octanol–water partition coefficient (Wildman–Crippen LogP) is 2.50. The molecule has 1 N–H and O–H groups in total. The van der Waals surface area contributed by atoms with E-state index in [-0.39, 0.29) is 0 Å². The van der Waals surface area contributed by atoms with Gasteiger partial charge in [-0.25, -0.2) is 4.98 Å². The summed E-state index contributed by atoms with van der Waals surface area (Å²) in [5.41, 5.74) is 2.62. The summed E-state index contributed by atoms with van der Waals surface area (Å²) < 4.78 is 0. The first kappa shape index (κ1) is 9.37.